The van der Waals surface area contributed by atoms with E-state index in [9.17, 15) is 14.7 Å². The summed E-state index contributed by atoms with van der Waals surface area (Å²) in [5, 5.41) is 12.6. The van der Waals surface area contributed by atoms with Crippen LogP contribution in [0.15, 0.2) is 41.5 Å². The van der Waals surface area contributed by atoms with Gasteiger partial charge >= 0.3 is 5.97 Å². The smallest absolute Gasteiger partial charge is 0.308 e. The summed E-state index contributed by atoms with van der Waals surface area (Å²) in [5.41, 5.74) is 5.08. The minimum Gasteiger partial charge on any atom is -0.481 e. The summed E-state index contributed by atoms with van der Waals surface area (Å²) in [7, 11) is 0. The van der Waals surface area contributed by atoms with E-state index in [4.69, 9.17) is 0 Å². The number of anilines is 1. The van der Waals surface area contributed by atoms with E-state index in [0.717, 1.165) is 28.0 Å². The number of carboxylic acid groups (broad SMARTS) is 1. The highest BCUT2D eigenvalue weighted by molar-refractivity contribution is 5.97. The number of amides is 1. The zero-order valence-corrected chi connectivity index (χ0v) is 14.5. The highest BCUT2D eigenvalue weighted by atomic mass is 16.4. The van der Waals surface area contributed by atoms with Crippen LogP contribution in [-0.4, -0.2) is 17.0 Å². The number of fused-ring (bicyclic) bond motifs is 2. The number of hydrogen-bond acceptors (Lipinski definition) is 2. The number of carboxylic acids is 1. The normalized spacial score (nSPS) is 27.4. The quantitative estimate of drug-likeness (QED) is 0.833. The Balaban J connectivity index is 1.94. The van der Waals surface area contributed by atoms with Gasteiger partial charge in [0.1, 0.15) is 0 Å². The second-order valence-electron chi connectivity index (χ2n) is 7.02. The topological polar surface area (TPSA) is 66.4 Å². The van der Waals surface area contributed by atoms with Crippen LogP contribution in [0.4, 0.5) is 5.69 Å². The monoisotopic (exact) mass is 325 g/mol. The summed E-state index contributed by atoms with van der Waals surface area (Å²) < 4.78 is 0. The van der Waals surface area contributed by atoms with Crippen LogP contribution in [0.3, 0.4) is 0 Å². The molecule has 126 valence electrons. The molecule has 1 aromatic carbocycles. The van der Waals surface area contributed by atoms with Crippen molar-refractivity contribution in [2.75, 3.05) is 5.32 Å². The number of rotatable bonds is 3. The number of carbonyl (C=O) groups excluding carboxylic acids is 1. The van der Waals surface area contributed by atoms with Gasteiger partial charge in [-0.1, -0.05) is 35.4 Å². The van der Waals surface area contributed by atoms with Crippen molar-refractivity contribution in [3.05, 3.63) is 52.6 Å². The second kappa shape index (κ2) is 5.93. The Morgan fingerprint density at radius 2 is 1.67 bits per heavy atom. The number of aryl methyl sites for hydroxylation is 1. The minimum atomic E-state index is -0.897. The van der Waals surface area contributed by atoms with E-state index in [-0.39, 0.29) is 17.7 Å². The van der Waals surface area contributed by atoms with E-state index >= 15 is 0 Å². The van der Waals surface area contributed by atoms with Crippen molar-refractivity contribution >= 4 is 17.6 Å². The van der Waals surface area contributed by atoms with Crippen LogP contribution in [0, 0.1) is 37.5 Å². The molecule has 1 aromatic rings. The fraction of sp³-hybridized carbons (Fsp3) is 0.400. The number of aliphatic carboxylic acids is 1. The fourth-order valence-electron chi connectivity index (χ4n) is 4.14. The Morgan fingerprint density at radius 1 is 1.04 bits per heavy atom. The summed E-state index contributed by atoms with van der Waals surface area (Å²) >= 11 is 0. The van der Waals surface area contributed by atoms with Gasteiger partial charge in [-0.3, -0.25) is 9.59 Å². The van der Waals surface area contributed by atoms with Gasteiger partial charge in [-0.05, 0) is 44.9 Å². The second-order valence-corrected chi connectivity index (χ2v) is 7.02. The Morgan fingerprint density at radius 3 is 2.25 bits per heavy atom. The lowest BCUT2D eigenvalue weighted by atomic mass is 9.82. The van der Waals surface area contributed by atoms with Crippen molar-refractivity contribution in [3.63, 3.8) is 0 Å². The molecule has 0 aliphatic heterocycles. The van der Waals surface area contributed by atoms with Crippen LogP contribution in [0.5, 0.6) is 0 Å². The van der Waals surface area contributed by atoms with Gasteiger partial charge in [0.2, 0.25) is 5.91 Å². The SMILES string of the molecule is CC(C)=C1C2C=CC1C(C(=O)Nc1cccc(C)c1C)C2C(=O)O. The van der Waals surface area contributed by atoms with Crippen LogP contribution in [0.25, 0.3) is 0 Å². The van der Waals surface area contributed by atoms with Gasteiger partial charge in [0.15, 0.2) is 0 Å². The molecule has 4 unspecified atom stereocenters. The third-order valence-electron chi connectivity index (χ3n) is 5.43. The zero-order chi connectivity index (χ0) is 17.6. The molecule has 4 atom stereocenters. The molecule has 2 N–H and O–H groups in total. The van der Waals surface area contributed by atoms with E-state index in [1.54, 1.807) is 0 Å². The number of carbonyl (C=O) groups is 2. The molecule has 0 radical (unpaired) electrons. The van der Waals surface area contributed by atoms with E-state index < -0.39 is 17.8 Å². The largest absolute Gasteiger partial charge is 0.481 e. The van der Waals surface area contributed by atoms with Crippen molar-refractivity contribution in [2.45, 2.75) is 27.7 Å². The highest BCUT2D eigenvalue weighted by Crippen LogP contribution is 2.53. The van der Waals surface area contributed by atoms with Gasteiger partial charge in [0.25, 0.3) is 0 Å². The standard InChI is InChI=1S/C20H23NO3/c1-10(2)16-13-8-9-14(16)18(20(23)24)17(13)19(22)21-15-7-5-6-11(3)12(15)4/h5-9,13-14,17-18H,1-4H3,(H,21,22)(H,23,24). The van der Waals surface area contributed by atoms with Gasteiger partial charge in [0, 0.05) is 17.5 Å². The van der Waals surface area contributed by atoms with E-state index in [1.165, 1.54) is 0 Å². The molecule has 2 aliphatic rings. The van der Waals surface area contributed by atoms with Crippen LogP contribution in [0.1, 0.15) is 25.0 Å². The highest BCUT2D eigenvalue weighted by Gasteiger charge is 2.54. The lowest BCUT2D eigenvalue weighted by molar-refractivity contribution is -0.146. The molecule has 4 heteroatoms. The molecule has 2 bridgehead atoms. The molecule has 2 aliphatic carbocycles. The summed E-state index contributed by atoms with van der Waals surface area (Å²) in [6.07, 6.45) is 3.95. The molecule has 0 heterocycles. The maximum atomic E-state index is 12.9. The lowest BCUT2D eigenvalue weighted by Crippen LogP contribution is -2.36. The summed E-state index contributed by atoms with van der Waals surface area (Å²) in [4.78, 5) is 24.7. The summed E-state index contributed by atoms with van der Waals surface area (Å²) in [6, 6.07) is 5.75. The van der Waals surface area contributed by atoms with Crippen LogP contribution < -0.4 is 5.32 Å². The number of allylic oxidation sites excluding steroid dienone is 4. The molecule has 24 heavy (non-hydrogen) atoms. The van der Waals surface area contributed by atoms with Gasteiger partial charge in [-0.25, -0.2) is 0 Å². The Bertz CT molecular complexity index is 771. The molecule has 1 saturated carbocycles. The molecule has 0 spiro atoms. The fourth-order valence-corrected chi connectivity index (χ4v) is 4.14. The number of hydrogen-bond donors (Lipinski definition) is 2. The first-order chi connectivity index (χ1) is 11.3. The maximum Gasteiger partial charge on any atom is 0.308 e. The molecule has 0 saturated heterocycles. The first-order valence-corrected chi connectivity index (χ1v) is 8.28. The van der Waals surface area contributed by atoms with Crippen molar-refractivity contribution in [1.29, 1.82) is 0 Å². The predicted molar refractivity (Wildman–Crippen MR) is 93.7 cm³/mol. The van der Waals surface area contributed by atoms with Crippen molar-refractivity contribution in [2.24, 2.45) is 23.7 Å². The Kier molecular flexibility index (Phi) is 4.08. The van der Waals surface area contributed by atoms with Crippen LogP contribution in [0.2, 0.25) is 0 Å². The van der Waals surface area contributed by atoms with E-state index in [1.807, 2.05) is 58.0 Å². The number of nitrogens with one attached hydrogen (secondary N) is 1. The van der Waals surface area contributed by atoms with Crippen molar-refractivity contribution in [1.82, 2.24) is 0 Å². The van der Waals surface area contributed by atoms with Gasteiger partial charge in [0.05, 0.1) is 11.8 Å². The van der Waals surface area contributed by atoms with Crippen molar-refractivity contribution < 1.29 is 14.7 Å². The average Bonchev–Trinajstić information content (AvgIpc) is 3.07. The molecule has 1 fully saturated rings. The maximum absolute atomic E-state index is 12.9. The summed E-state index contributed by atoms with van der Waals surface area (Å²) in [5.74, 6) is -2.60. The number of benzene rings is 1. The van der Waals surface area contributed by atoms with Crippen LogP contribution >= 0.6 is 0 Å². The first kappa shape index (κ1) is 16.5. The molecular formula is C20H23NO3. The Labute approximate surface area is 142 Å². The van der Waals surface area contributed by atoms with E-state index in [2.05, 4.69) is 5.32 Å². The lowest BCUT2D eigenvalue weighted by Gasteiger charge is -2.24. The molecule has 1 amide bonds. The third-order valence-corrected chi connectivity index (χ3v) is 5.43. The molecule has 4 nitrogen and oxygen atoms in total. The minimum absolute atomic E-state index is 0.105. The van der Waals surface area contributed by atoms with Gasteiger partial charge in [-0.15, -0.1) is 0 Å². The molecule has 0 aromatic heterocycles. The average molecular weight is 325 g/mol. The third kappa shape index (κ3) is 2.46. The van der Waals surface area contributed by atoms with Crippen LogP contribution in [-0.2, 0) is 9.59 Å². The Hall–Kier alpha value is -2.36. The van der Waals surface area contributed by atoms with Gasteiger partial charge in [-0.2, -0.15) is 0 Å². The predicted octanol–water partition coefficient (Wildman–Crippen LogP) is 3.71. The molecule has 3 rings (SSSR count). The van der Waals surface area contributed by atoms with Crippen molar-refractivity contribution in [3.8, 4) is 0 Å². The van der Waals surface area contributed by atoms with E-state index in [0.29, 0.717) is 0 Å². The summed E-state index contributed by atoms with van der Waals surface area (Å²) in [6.45, 7) is 7.94. The van der Waals surface area contributed by atoms with Gasteiger partial charge < -0.3 is 10.4 Å². The first-order valence-electron chi connectivity index (χ1n) is 8.28. The zero-order valence-electron chi connectivity index (χ0n) is 14.5. The molecular weight excluding hydrogens is 302 g/mol.